The molecule has 2 fully saturated rings. The van der Waals surface area contributed by atoms with Crippen LogP contribution in [0.1, 0.15) is 19.8 Å². The Bertz CT molecular complexity index is 604. The van der Waals surface area contributed by atoms with Gasteiger partial charge in [-0.3, -0.25) is 15.0 Å². The van der Waals surface area contributed by atoms with Crippen LogP contribution in [0.15, 0.2) is 36.0 Å². The van der Waals surface area contributed by atoms with E-state index >= 15 is 0 Å². The second-order valence-corrected chi connectivity index (χ2v) is 6.80. The first-order valence-electron chi connectivity index (χ1n) is 8.63. The van der Waals surface area contributed by atoms with Crippen molar-refractivity contribution in [1.82, 2.24) is 20.9 Å². The minimum absolute atomic E-state index is 0.156. The molecule has 0 aromatic carbocycles. The van der Waals surface area contributed by atoms with E-state index in [4.69, 9.17) is 0 Å². The van der Waals surface area contributed by atoms with Crippen molar-refractivity contribution in [3.8, 4) is 0 Å². The first kappa shape index (κ1) is 16.9. The van der Waals surface area contributed by atoms with Gasteiger partial charge in [0.1, 0.15) is 5.54 Å². The number of urea groups is 1. The molecule has 0 aromatic rings. The second-order valence-electron chi connectivity index (χ2n) is 6.80. The molecule has 0 radical (unpaired) electrons. The van der Waals surface area contributed by atoms with Crippen molar-refractivity contribution < 1.29 is 9.59 Å². The lowest BCUT2D eigenvalue weighted by Gasteiger charge is -2.39. The predicted octanol–water partition coefficient (Wildman–Crippen LogP) is 0.939. The fraction of sp³-hybridized carbons (Fsp3) is 0.556. The number of hydrogen-bond acceptors (Lipinski definition) is 4. The highest BCUT2D eigenvalue weighted by Crippen LogP contribution is 2.32. The highest BCUT2D eigenvalue weighted by atomic mass is 16.2. The van der Waals surface area contributed by atoms with E-state index in [-0.39, 0.29) is 17.9 Å². The summed E-state index contributed by atoms with van der Waals surface area (Å²) in [6, 6.07) is -0.372. The van der Waals surface area contributed by atoms with E-state index < -0.39 is 5.54 Å². The van der Waals surface area contributed by atoms with Crippen LogP contribution in [-0.4, -0.2) is 55.1 Å². The number of carbonyl (C=O) groups is 2. The minimum Gasteiger partial charge on any atom is -0.322 e. The van der Waals surface area contributed by atoms with Gasteiger partial charge >= 0.3 is 6.03 Å². The molecule has 1 unspecified atom stereocenters. The summed E-state index contributed by atoms with van der Waals surface area (Å²) in [7, 11) is 0. The van der Waals surface area contributed by atoms with Crippen molar-refractivity contribution >= 4 is 11.9 Å². The molecular weight excluding hydrogens is 304 g/mol. The van der Waals surface area contributed by atoms with Gasteiger partial charge in [0.25, 0.3) is 5.91 Å². The molecule has 0 bridgehead atoms. The number of nitrogens with zero attached hydrogens (tertiary/aromatic N) is 1. The predicted molar refractivity (Wildman–Crippen MR) is 93.5 cm³/mol. The van der Waals surface area contributed by atoms with Gasteiger partial charge in [0.2, 0.25) is 0 Å². The summed E-state index contributed by atoms with van der Waals surface area (Å²) in [5.74, 6) is -0.0258. The molecule has 3 rings (SSSR count). The van der Waals surface area contributed by atoms with Crippen molar-refractivity contribution in [1.29, 1.82) is 0 Å². The molecule has 3 aliphatic heterocycles. The monoisotopic (exact) mass is 330 g/mol. The summed E-state index contributed by atoms with van der Waals surface area (Å²) >= 11 is 0. The third-order valence-electron chi connectivity index (χ3n) is 5.29. The minimum atomic E-state index is -0.823. The maximum atomic E-state index is 12.7. The number of amides is 3. The maximum absolute atomic E-state index is 12.7. The molecule has 130 valence electrons. The normalized spacial score (nSPS) is 29.4. The number of nitrogens with one attached hydrogen (secondary N) is 3. The molecule has 0 saturated carbocycles. The van der Waals surface area contributed by atoms with Gasteiger partial charge in [-0.15, -0.1) is 0 Å². The first-order valence-corrected chi connectivity index (χ1v) is 8.63. The number of allylic oxidation sites excluding steroid dienone is 1. The van der Waals surface area contributed by atoms with Crippen LogP contribution < -0.4 is 16.0 Å². The van der Waals surface area contributed by atoms with Gasteiger partial charge in [0, 0.05) is 19.6 Å². The zero-order valence-corrected chi connectivity index (χ0v) is 14.2. The van der Waals surface area contributed by atoms with Crippen molar-refractivity contribution in [2.75, 3.05) is 32.7 Å². The van der Waals surface area contributed by atoms with Crippen molar-refractivity contribution in [3.63, 3.8) is 0 Å². The van der Waals surface area contributed by atoms with Crippen LogP contribution in [0.5, 0.6) is 0 Å². The highest BCUT2D eigenvalue weighted by molar-refractivity contribution is 6.07. The summed E-state index contributed by atoms with van der Waals surface area (Å²) in [5, 5.41) is 8.75. The maximum Gasteiger partial charge on any atom is 0.322 e. The molecule has 1 atom stereocenters. The molecule has 6 heteroatoms. The Kier molecular flexibility index (Phi) is 4.87. The van der Waals surface area contributed by atoms with E-state index in [0.29, 0.717) is 6.54 Å². The number of piperidine rings is 1. The zero-order valence-electron chi connectivity index (χ0n) is 14.2. The zero-order chi connectivity index (χ0) is 17.2. The highest BCUT2D eigenvalue weighted by Gasteiger charge is 2.52. The third kappa shape index (κ3) is 3.03. The van der Waals surface area contributed by atoms with Crippen LogP contribution in [0, 0.1) is 5.92 Å². The van der Waals surface area contributed by atoms with Gasteiger partial charge < -0.3 is 10.6 Å². The summed E-state index contributed by atoms with van der Waals surface area (Å²) in [5.41, 5.74) is 1.60. The van der Waals surface area contributed by atoms with Gasteiger partial charge in [-0.05, 0) is 49.9 Å². The summed E-state index contributed by atoms with van der Waals surface area (Å²) < 4.78 is 0. The molecule has 24 heavy (non-hydrogen) atoms. The van der Waals surface area contributed by atoms with Gasteiger partial charge in [-0.25, -0.2) is 4.79 Å². The first-order chi connectivity index (χ1) is 11.6. The average molecular weight is 330 g/mol. The summed E-state index contributed by atoms with van der Waals surface area (Å²) in [4.78, 5) is 26.8. The average Bonchev–Trinajstić information content (AvgIpc) is 3.09. The Morgan fingerprint density at radius 1 is 1.25 bits per heavy atom. The molecule has 0 aliphatic carbocycles. The lowest BCUT2D eigenvalue weighted by Crippen LogP contribution is -2.61. The molecule has 6 nitrogen and oxygen atoms in total. The van der Waals surface area contributed by atoms with Crippen LogP contribution in [0.4, 0.5) is 4.79 Å². The van der Waals surface area contributed by atoms with Gasteiger partial charge in [0.05, 0.1) is 0 Å². The number of rotatable bonds is 5. The van der Waals surface area contributed by atoms with E-state index in [0.717, 1.165) is 39.0 Å². The molecule has 0 spiro atoms. The Morgan fingerprint density at radius 3 is 2.54 bits per heavy atom. The molecule has 3 N–H and O–H groups in total. The number of carbonyl (C=O) groups excluding carboxylic acids is 2. The quantitative estimate of drug-likeness (QED) is 0.656. The topological polar surface area (TPSA) is 73.5 Å². The second kappa shape index (κ2) is 6.91. The van der Waals surface area contributed by atoms with Crippen LogP contribution in [0.25, 0.3) is 0 Å². The smallest absolute Gasteiger partial charge is 0.322 e. The van der Waals surface area contributed by atoms with E-state index in [2.05, 4.69) is 33.5 Å². The van der Waals surface area contributed by atoms with Crippen molar-refractivity contribution in [2.45, 2.75) is 25.3 Å². The third-order valence-corrected chi connectivity index (χ3v) is 5.29. The molecule has 3 aliphatic rings. The van der Waals surface area contributed by atoms with Gasteiger partial charge in [-0.1, -0.05) is 24.8 Å². The van der Waals surface area contributed by atoms with Gasteiger partial charge in [0.15, 0.2) is 0 Å². The molecule has 0 aromatic heterocycles. The van der Waals surface area contributed by atoms with E-state index in [1.807, 2.05) is 19.1 Å². The lowest BCUT2D eigenvalue weighted by molar-refractivity contribution is -0.127. The van der Waals surface area contributed by atoms with Gasteiger partial charge in [-0.2, -0.15) is 0 Å². The standard InChI is InChI=1S/C18H26N4O2/c1-3-5-14-11-22(10-13(14)4-2)12-18(15-6-8-19-9-7-15)16(23)20-17(24)21-18/h3-5,15,19H,2,6-12H2,1H3,(H2,20,21,23,24)/b5-3-. The van der Waals surface area contributed by atoms with Crippen LogP contribution in [0.3, 0.4) is 0 Å². The van der Waals surface area contributed by atoms with Crippen LogP contribution >= 0.6 is 0 Å². The number of hydrogen-bond donors (Lipinski definition) is 3. The molecule has 3 heterocycles. The molecule has 2 saturated heterocycles. The number of imide groups is 1. The Morgan fingerprint density at radius 2 is 1.96 bits per heavy atom. The Balaban J connectivity index is 1.80. The summed E-state index contributed by atoms with van der Waals surface area (Å²) in [6.07, 6.45) is 7.80. The van der Waals surface area contributed by atoms with E-state index in [9.17, 15) is 9.59 Å². The fourth-order valence-corrected chi connectivity index (χ4v) is 4.11. The van der Waals surface area contributed by atoms with Crippen molar-refractivity contribution in [3.05, 3.63) is 36.0 Å². The molecular formula is C18H26N4O2. The van der Waals surface area contributed by atoms with E-state index in [1.54, 1.807) is 0 Å². The molecule has 3 amide bonds. The van der Waals surface area contributed by atoms with E-state index in [1.165, 1.54) is 11.1 Å². The summed E-state index contributed by atoms with van der Waals surface area (Å²) in [6.45, 7) is 9.74. The Labute approximate surface area is 143 Å². The van der Waals surface area contributed by atoms with Crippen LogP contribution in [-0.2, 0) is 4.79 Å². The lowest BCUT2D eigenvalue weighted by atomic mass is 9.77. The van der Waals surface area contributed by atoms with Crippen molar-refractivity contribution in [2.24, 2.45) is 5.92 Å². The largest absolute Gasteiger partial charge is 0.322 e. The SMILES string of the molecule is C=CC1=C(/C=C\C)CN(CC2(C3CCNCC3)NC(=O)NC2=O)C1. The Hall–Kier alpha value is -1.92. The fourth-order valence-electron chi connectivity index (χ4n) is 4.11. The van der Waals surface area contributed by atoms with Crippen LogP contribution in [0.2, 0.25) is 0 Å².